The minimum Gasteiger partial charge on any atom is -0.455 e. The number of rotatable bonds is 5. The van der Waals surface area contributed by atoms with Gasteiger partial charge in [0, 0.05) is 36.5 Å². The molecule has 2 aromatic heterocycles. The van der Waals surface area contributed by atoms with Crippen LogP contribution in [0.15, 0.2) is 186 Å². The van der Waals surface area contributed by atoms with Gasteiger partial charge in [-0.3, -0.25) is 0 Å². The van der Waals surface area contributed by atoms with Gasteiger partial charge in [-0.25, -0.2) is 0 Å². The Morgan fingerprint density at radius 1 is 0.320 bits per heavy atom. The first kappa shape index (κ1) is 28.8. The predicted molar refractivity (Wildman–Crippen MR) is 214 cm³/mol. The van der Waals surface area contributed by atoms with E-state index in [9.17, 15) is 0 Å². The normalized spacial score (nSPS) is 11.6. The van der Waals surface area contributed by atoms with E-state index in [1.165, 1.54) is 64.7 Å². The molecule has 0 amide bonds. The van der Waals surface area contributed by atoms with Gasteiger partial charge in [0.1, 0.15) is 11.2 Å². The molecule has 0 N–H and O–H groups in total. The summed E-state index contributed by atoms with van der Waals surface area (Å²) in [5, 5.41) is 4.90. The summed E-state index contributed by atoms with van der Waals surface area (Å²) < 4.78 is 9.29. The van der Waals surface area contributed by atoms with Crippen LogP contribution in [-0.4, -0.2) is 0 Å². The maximum Gasteiger partial charge on any atom is 0.143 e. The highest BCUT2D eigenvalue weighted by Gasteiger charge is 2.17. The van der Waals surface area contributed by atoms with Crippen LogP contribution >= 0.6 is 11.3 Å². The van der Waals surface area contributed by atoms with Crippen LogP contribution in [0.1, 0.15) is 0 Å². The zero-order valence-corrected chi connectivity index (χ0v) is 28.0. The second kappa shape index (κ2) is 11.7. The first-order chi connectivity index (χ1) is 24.8. The Bertz CT molecular complexity index is 2860. The van der Waals surface area contributed by atoms with E-state index in [1.807, 2.05) is 11.3 Å². The quantitative estimate of drug-likeness (QED) is 0.180. The first-order valence-electron chi connectivity index (χ1n) is 17.0. The monoisotopic (exact) mass is 654 g/mol. The van der Waals surface area contributed by atoms with Crippen molar-refractivity contribution in [2.75, 3.05) is 0 Å². The SMILES string of the molecule is c1ccc(-c2cc(-c3ccccc3)c3oc4ccc(-c5cccc(-c6cccc(-c7cccc8c7sc7ccccc78)c6)c5)cc4c3c2)cc1. The average molecular weight is 655 g/mol. The molecule has 10 rings (SSSR count). The molecule has 0 atom stereocenters. The molecule has 0 fully saturated rings. The standard InChI is InChI=1S/C48H30OS/c1-3-12-31(13-4-1)38-29-42(32-14-5-2-6-15-32)47-44(30-38)43-28-36(24-25-45(43)49-47)34-17-9-16-33(26-34)35-18-10-19-37(27-35)39-21-11-22-41-40-20-7-8-23-46(40)50-48(39)41/h1-30H. The Morgan fingerprint density at radius 3 is 1.68 bits per heavy atom. The minimum atomic E-state index is 0.894. The summed E-state index contributed by atoms with van der Waals surface area (Å²) in [6, 6.07) is 65.6. The summed E-state index contributed by atoms with van der Waals surface area (Å²) in [5.41, 5.74) is 13.7. The number of hydrogen-bond donors (Lipinski definition) is 0. The van der Waals surface area contributed by atoms with E-state index in [0.29, 0.717) is 0 Å². The van der Waals surface area contributed by atoms with Crippen LogP contribution in [0, 0.1) is 0 Å². The number of furan rings is 1. The zero-order chi connectivity index (χ0) is 33.0. The van der Waals surface area contributed by atoms with Crippen LogP contribution in [0.4, 0.5) is 0 Å². The highest BCUT2D eigenvalue weighted by molar-refractivity contribution is 7.26. The molecular formula is C48H30OS. The van der Waals surface area contributed by atoms with Crippen molar-refractivity contribution in [2.45, 2.75) is 0 Å². The topological polar surface area (TPSA) is 13.1 Å². The molecule has 0 radical (unpaired) electrons. The minimum absolute atomic E-state index is 0.894. The summed E-state index contributed by atoms with van der Waals surface area (Å²) in [7, 11) is 0. The number of fused-ring (bicyclic) bond motifs is 6. The molecule has 1 nitrogen and oxygen atoms in total. The molecule has 0 aliphatic rings. The van der Waals surface area contributed by atoms with E-state index in [2.05, 4.69) is 182 Å². The third-order valence-corrected chi connectivity index (χ3v) is 11.1. The maximum absolute atomic E-state index is 6.62. The predicted octanol–water partition coefficient (Wildman–Crippen LogP) is 14.3. The molecule has 2 heteroatoms. The van der Waals surface area contributed by atoms with E-state index in [1.54, 1.807) is 0 Å². The first-order valence-corrected chi connectivity index (χ1v) is 17.8. The summed E-state index contributed by atoms with van der Waals surface area (Å²) >= 11 is 1.88. The van der Waals surface area contributed by atoms with Crippen molar-refractivity contribution < 1.29 is 4.42 Å². The van der Waals surface area contributed by atoms with Gasteiger partial charge in [-0.2, -0.15) is 0 Å². The van der Waals surface area contributed by atoms with Crippen molar-refractivity contribution in [1.82, 2.24) is 0 Å². The molecule has 0 saturated heterocycles. The van der Waals surface area contributed by atoms with Crippen LogP contribution in [0.25, 0.3) is 97.7 Å². The van der Waals surface area contributed by atoms with Gasteiger partial charge in [-0.05, 0) is 92.5 Å². The van der Waals surface area contributed by atoms with Crippen molar-refractivity contribution in [3.8, 4) is 55.6 Å². The molecule has 0 saturated carbocycles. The van der Waals surface area contributed by atoms with Gasteiger partial charge in [0.2, 0.25) is 0 Å². The molecule has 0 aliphatic carbocycles. The highest BCUT2D eigenvalue weighted by atomic mass is 32.1. The summed E-state index contributed by atoms with van der Waals surface area (Å²) in [5.74, 6) is 0. The summed E-state index contributed by atoms with van der Waals surface area (Å²) in [6.45, 7) is 0. The summed E-state index contributed by atoms with van der Waals surface area (Å²) in [6.07, 6.45) is 0. The van der Waals surface area contributed by atoms with Gasteiger partial charge >= 0.3 is 0 Å². The molecule has 0 aliphatic heterocycles. The molecule has 0 spiro atoms. The molecular weight excluding hydrogens is 625 g/mol. The Balaban J connectivity index is 1.08. The lowest BCUT2D eigenvalue weighted by Gasteiger charge is -2.10. The maximum atomic E-state index is 6.62. The van der Waals surface area contributed by atoms with E-state index >= 15 is 0 Å². The lowest BCUT2D eigenvalue weighted by atomic mass is 9.94. The van der Waals surface area contributed by atoms with Gasteiger partial charge < -0.3 is 4.42 Å². The lowest BCUT2D eigenvalue weighted by molar-refractivity contribution is 0.670. The number of thiophene rings is 1. The molecule has 234 valence electrons. The van der Waals surface area contributed by atoms with Crippen LogP contribution < -0.4 is 0 Å². The smallest absolute Gasteiger partial charge is 0.143 e. The van der Waals surface area contributed by atoms with Crippen LogP contribution in [0.5, 0.6) is 0 Å². The fourth-order valence-electron chi connectivity index (χ4n) is 7.41. The second-order valence-corrected chi connectivity index (χ2v) is 13.9. The highest BCUT2D eigenvalue weighted by Crippen LogP contribution is 2.42. The Labute approximate surface area is 294 Å². The molecule has 50 heavy (non-hydrogen) atoms. The van der Waals surface area contributed by atoms with E-state index in [-0.39, 0.29) is 0 Å². The van der Waals surface area contributed by atoms with Crippen molar-refractivity contribution in [3.63, 3.8) is 0 Å². The molecule has 0 bridgehead atoms. The molecule has 0 unspecified atom stereocenters. The van der Waals surface area contributed by atoms with E-state index in [4.69, 9.17) is 4.42 Å². The van der Waals surface area contributed by atoms with Gasteiger partial charge in [0.05, 0.1) is 0 Å². The molecule has 8 aromatic carbocycles. The fraction of sp³-hybridized carbons (Fsp3) is 0. The summed E-state index contributed by atoms with van der Waals surface area (Å²) in [4.78, 5) is 0. The van der Waals surface area contributed by atoms with Gasteiger partial charge in [-0.1, -0.05) is 140 Å². The number of benzene rings is 8. The third-order valence-electron chi connectivity index (χ3n) is 9.87. The Morgan fingerprint density at radius 2 is 0.900 bits per heavy atom. The Kier molecular flexibility index (Phi) is 6.75. The lowest BCUT2D eigenvalue weighted by Crippen LogP contribution is -1.84. The van der Waals surface area contributed by atoms with Crippen molar-refractivity contribution >= 4 is 53.4 Å². The Hall–Kier alpha value is -6.22. The number of hydrogen-bond acceptors (Lipinski definition) is 2. The van der Waals surface area contributed by atoms with Gasteiger partial charge in [-0.15, -0.1) is 11.3 Å². The van der Waals surface area contributed by atoms with Crippen LogP contribution in [0.2, 0.25) is 0 Å². The van der Waals surface area contributed by atoms with Crippen LogP contribution in [-0.2, 0) is 0 Å². The van der Waals surface area contributed by atoms with Crippen LogP contribution in [0.3, 0.4) is 0 Å². The van der Waals surface area contributed by atoms with Crippen molar-refractivity contribution in [3.05, 3.63) is 182 Å². The largest absolute Gasteiger partial charge is 0.455 e. The zero-order valence-electron chi connectivity index (χ0n) is 27.1. The second-order valence-electron chi connectivity index (χ2n) is 12.9. The average Bonchev–Trinajstić information content (AvgIpc) is 3.76. The molecule has 10 aromatic rings. The third kappa shape index (κ3) is 4.84. The van der Waals surface area contributed by atoms with Gasteiger partial charge in [0.25, 0.3) is 0 Å². The van der Waals surface area contributed by atoms with E-state index < -0.39 is 0 Å². The van der Waals surface area contributed by atoms with Crippen molar-refractivity contribution in [2.24, 2.45) is 0 Å². The van der Waals surface area contributed by atoms with Crippen molar-refractivity contribution in [1.29, 1.82) is 0 Å². The fourth-order valence-corrected chi connectivity index (χ4v) is 8.64. The van der Waals surface area contributed by atoms with E-state index in [0.717, 1.165) is 33.1 Å². The molecule has 2 heterocycles. The van der Waals surface area contributed by atoms with Gasteiger partial charge in [0.15, 0.2) is 0 Å².